The van der Waals surface area contributed by atoms with Gasteiger partial charge in [0.2, 0.25) is 0 Å². The summed E-state index contributed by atoms with van der Waals surface area (Å²) in [6.45, 7) is 1.90. The van der Waals surface area contributed by atoms with Crippen LogP contribution < -0.4 is 5.32 Å². The third-order valence-electron chi connectivity index (χ3n) is 2.57. The van der Waals surface area contributed by atoms with Gasteiger partial charge in [-0.05, 0) is 31.9 Å². The molecule has 0 aliphatic heterocycles. The first-order valence-corrected chi connectivity index (χ1v) is 5.60. The van der Waals surface area contributed by atoms with Gasteiger partial charge in [0.1, 0.15) is 0 Å². The third kappa shape index (κ3) is 3.48. The van der Waals surface area contributed by atoms with E-state index in [1.54, 1.807) is 24.3 Å². The van der Waals surface area contributed by atoms with E-state index in [2.05, 4.69) is 5.32 Å². The van der Waals surface area contributed by atoms with Gasteiger partial charge in [0.25, 0.3) is 0 Å². The van der Waals surface area contributed by atoms with Crippen LogP contribution in [0.3, 0.4) is 0 Å². The normalized spacial score (nSPS) is 16.4. The summed E-state index contributed by atoms with van der Waals surface area (Å²) in [6.07, 6.45) is 2.38. The lowest BCUT2D eigenvalue weighted by Gasteiger charge is -2.11. The first kappa shape index (κ1) is 13.5. The molecule has 1 aromatic carbocycles. The summed E-state index contributed by atoms with van der Waals surface area (Å²) in [5, 5.41) is 3.89. The molecule has 0 radical (unpaired) electrons. The monoisotopic (exact) mass is 259 g/mol. The second kappa shape index (κ2) is 5.67. The van der Waals surface area contributed by atoms with Gasteiger partial charge in [-0.25, -0.2) is 0 Å². The molecule has 0 aromatic heterocycles. The van der Waals surface area contributed by atoms with E-state index in [9.17, 15) is 4.79 Å². The molecule has 1 N–H and O–H groups in total. The smallest absolute Gasteiger partial charge is 0.179 e. The molecule has 1 fully saturated rings. The average molecular weight is 260 g/mol. The molecule has 1 aliphatic carbocycles. The number of hydrogen-bond acceptors (Lipinski definition) is 2. The number of ketones is 1. The van der Waals surface area contributed by atoms with E-state index in [1.165, 1.54) is 12.8 Å². The number of carbonyl (C=O) groups is 1. The van der Waals surface area contributed by atoms with Crippen molar-refractivity contribution in [1.29, 1.82) is 0 Å². The summed E-state index contributed by atoms with van der Waals surface area (Å²) in [6, 6.07) is 7.53. The maximum absolute atomic E-state index is 11.9. The number of Topliss-reactive ketones (excluding diaryl/α,β-unsaturated/α-hetero) is 1. The molecule has 1 aliphatic rings. The summed E-state index contributed by atoms with van der Waals surface area (Å²) in [5.41, 5.74) is 0.683. The fraction of sp³-hybridized carbons (Fsp3) is 0.417. The highest BCUT2D eigenvalue weighted by molar-refractivity contribution is 6.31. The summed E-state index contributed by atoms with van der Waals surface area (Å²) < 4.78 is 0. The van der Waals surface area contributed by atoms with E-state index in [4.69, 9.17) is 11.6 Å². The highest BCUT2D eigenvalue weighted by Gasteiger charge is 2.26. The second-order valence-electron chi connectivity index (χ2n) is 4.04. The molecule has 4 heteroatoms. The second-order valence-corrected chi connectivity index (χ2v) is 4.47. The van der Waals surface area contributed by atoms with Crippen molar-refractivity contribution in [2.75, 3.05) is 0 Å². The molecule has 1 aromatic rings. The van der Waals surface area contributed by atoms with Gasteiger partial charge in [-0.3, -0.25) is 4.79 Å². The van der Waals surface area contributed by atoms with Crippen molar-refractivity contribution in [3.8, 4) is 0 Å². The van der Waals surface area contributed by atoms with Gasteiger partial charge in [-0.2, -0.15) is 0 Å². The lowest BCUT2D eigenvalue weighted by Crippen LogP contribution is -2.35. The van der Waals surface area contributed by atoms with Crippen LogP contribution in [-0.4, -0.2) is 17.9 Å². The summed E-state index contributed by atoms with van der Waals surface area (Å²) in [7, 11) is 0. The van der Waals surface area contributed by atoms with Crippen molar-refractivity contribution in [1.82, 2.24) is 5.32 Å². The van der Waals surface area contributed by atoms with Gasteiger partial charge in [-0.15, -0.1) is 12.4 Å². The minimum Gasteiger partial charge on any atom is -0.305 e. The molecule has 1 atom stereocenters. The van der Waals surface area contributed by atoms with Gasteiger partial charge in [-0.1, -0.05) is 23.7 Å². The molecular weight excluding hydrogens is 245 g/mol. The van der Waals surface area contributed by atoms with E-state index >= 15 is 0 Å². The zero-order chi connectivity index (χ0) is 10.8. The average Bonchev–Trinajstić information content (AvgIpc) is 3.00. The maximum Gasteiger partial charge on any atom is 0.179 e. The molecule has 0 bridgehead atoms. The van der Waals surface area contributed by atoms with Crippen molar-refractivity contribution in [3.63, 3.8) is 0 Å². The van der Waals surface area contributed by atoms with Crippen LogP contribution in [0.5, 0.6) is 0 Å². The Balaban J connectivity index is 0.00000128. The minimum absolute atomic E-state index is 0. The van der Waals surface area contributed by atoms with Gasteiger partial charge in [0.05, 0.1) is 6.04 Å². The van der Waals surface area contributed by atoms with E-state index in [1.807, 2.05) is 6.92 Å². The van der Waals surface area contributed by atoms with Gasteiger partial charge >= 0.3 is 0 Å². The first-order valence-electron chi connectivity index (χ1n) is 5.22. The Morgan fingerprint density at radius 2 is 2.19 bits per heavy atom. The van der Waals surface area contributed by atoms with Gasteiger partial charge in [0.15, 0.2) is 5.78 Å². The number of hydrogen-bond donors (Lipinski definition) is 1. The number of benzene rings is 1. The number of nitrogens with one attached hydrogen (secondary N) is 1. The van der Waals surface area contributed by atoms with Gasteiger partial charge in [0, 0.05) is 16.6 Å². The molecule has 0 unspecified atom stereocenters. The fourth-order valence-corrected chi connectivity index (χ4v) is 1.76. The fourth-order valence-electron chi connectivity index (χ4n) is 1.57. The molecule has 0 saturated heterocycles. The van der Waals surface area contributed by atoms with Gasteiger partial charge < -0.3 is 5.32 Å². The minimum atomic E-state index is -0.115. The van der Waals surface area contributed by atoms with Crippen molar-refractivity contribution < 1.29 is 4.79 Å². The SMILES string of the molecule is C[C@H](NC1CC1)C(=O)c1cccc(Cl)c1.Cl. The topological polar surface area (TPSA) is 29.1 Å². The Morgan fingerprint density at radius 1 is 1.50 bits per heavy atom. The maximum atomic E-state index is 11.9. The highest BCUT2D eigenvalue weighted by Crippen LogP contribution is 2.20. The summed E-state index contributed by atoms with van der Waals surface area (Å²) >= 11 is 5.84. The summed E-state index contributed by atoms with van der Waals surface area (Å²) in [5.74, 6) is 0.115. The number of rotatable bonds is 4. The Morgan fingerprint density at radius 3 is 2.75 bits per heavy atom. The Labute approximate surface area is 107 Å². The predicted octanol–water partition coefficient (Wildman–Crippen LogP) is 3.09. The number of halogens is 2. The van der Waals surface area contributed by atoms with E-state index in [0.717, 1.165) is 0 Å². The molecule has 2 rings (SSSR count). The molecule has 2 nitrogen and oxygen atoms in total. The van der Waals surface area contributed by atoms with E-state index < -0.39 is 0 Å². The largest absolute Gasteiger partial charge is 0.305 e. The lowest BCUT2D eigenvalue weighted by molar-refractivity contribution is 0.0950. The van der Waals surface area contributed by atoms with Crippen LogP contribution in [0, 0.1) is 0 Å². The van der Waals surface area contributed by atoms with Crippen molar-refractivity contribution in [2.24, 2.45) is 0 Å². The van der Waals surface area contributed by atoms with Crippen LogP contribution in [0.1, 0.15) is 30.1 Å². The predicted molar refractivity (Wildman–Crippen MR) is 68.7 cm³/mol. The zero-order valence-corrected chi connectivity index (χ0v) is 10.6. The van der Waals surface area contributed by atoms with Crippen LogP contribution in [-0.2, 0) is 0 Å². The van der Waals surface area contributed by atoms with Crippen LogP contribution in [0.15, 0.2) is 24.3 Å². The van der Waals surface area contributed by atoms with Crippen LogP contribution in [0.2, 0.25) is 5.02 Å². The Bertz CT molecular complexity index is 377. The number of carbonyl (C=O) groups excluding carboxylic acids is 1. The standard InChI is InChI=1S/C12H14ClNO.ClH/c1-8(14-11-5-6-11)12(15)9-3-2-4-10(13)7-9;/h2-4,7-8,11,14H,5-6H2,1H3;1H/t8-;/m0./s1. The quantitative estimate of drug-likeness (QED) is 0.843. The lowest BCUT2D eigenvalue weighted by atomic mass is 10.1. The van der Waals surface area contributed by atoms with E-state index in [0.29, 0.717) is 16.6 Å². The molecule has 88 valence electrons. The molecule has 0 spiro atoms. The van der Waals surface area contributed by atoms with Crippen molar-refractivity contribution in [2.45, 2.75) is 31.8 Å². The van der Waals surface area contributed by atoms with Crippen molar-refractivity contribution in [3.05, 3.63) is 34.9 Å². The van der Waals surface area contributed by atoms with Crippen LogP contribution in [0.25, 0.3) is 0 Å². The molecule has 16 heavy (non-hydrogen) atoms. The zero-order valence-electron chi connectivity index (χ0n) is 9.07. The van der Waals surface area contributed by atoms with E-state index in [-0.39, 0.29) is 24.2 Å². The summed E-state index contributed by atoms with van der Waals surface area (Å²) in [4.78, 5) is 11.9. The van der Waals surface area contributed by atoms with Crippen LogP contribution >= 0.6 is 24.0 Å². The molecule has 0 amide bonds. The Kier molecular flexibility index (Phi) is 4.78. The Hall–Kier alpha value is -0.570. The molecule has 0 heterocycles. The highest BCUT2D eigenvalue weighted by atomic mass is 35.5. The molecule has 1 saturated carbocycles. The first-order chi connectivity index (χ1) is 7.16. The van der Waals surface area contributed by atoms with Crippen LogP contribution in [0.4, 0.5) is 0 Å². The molecular formula is C12H15Cl2NO. The third-order valence-corrected chi connectivity index (χ3v) is 2.80. The van der Waals surface area contributed by atoms with Crippen molar-refractivity contribution >= 4 is 29.8 Å².